The van der Waals surface area contributed by atoms with Gasteiger partial charge in [0, 0.05) is 40.9 Å². The molecule has 1 aromatic carbocycles. The summed E-state index contributed by atoms with van der Waals surface area (Å²) in [6, 6.07) is 6.21. The van der Waals surface area contributed by atoms with E-state index in [1.54, 1.807) is 41.6 Å². The zero-order valence-corrected chi connectivity index (χ0v) is 17.9. The zero-order chi connectivity index (χ0) is 20.9. The molecule has 1 aliphatic carbocycles. The van der Waals surface area contributed by atoms with E-state index in [0.29, 0.717) is 45.4 Å². The Kier molecular flexibility index (Phi) is 4.91. The van der Waals surface area contributed by atoms with Gasteiger partial charge in [-0.05, 0) is 41.7 Å². The van der Waals surface area contributed by atoms with Gasteiger partial charge in [0.1, 0.15) is 0 Å². The Bertz CT molecular complexity index is 1060. The molecular formula is C22H21Cl2N3O2. The number of hydrogen-bond donors (Lipinski definition) is 1. The number of carbonyl (C=O) groups excluding carboxylic acids is 2. The van der Waals surface area contributed by atoms with Gasteiger partial charge >= 0.3 is 0 Å². The fraction of sp³-hybridized carbons (Fsp3) is 0.318. The fourth-order valence-electron chi connectivity index (χ4n) is 4.26. The Morgan fingerprint density at radius 2 is 2.00 bits per heavy atom. The summed E-state index contributed by atoms with van der Waals surface area (Å²) in [6.45, 7) is 5.61. The minimum Gasteiger partial charge on any atom is -0.356 e. The Morgan fingerprint density at radius 3 is 2.72 bits per heavy atom. The number of aromatic nitrogens is 1. The molecule has 0 radical (unpaired) electrons. The van der Waals surface area contributed by atoms with Crippen molar-refractivity contribution in [2.75, 3.05) is 10.2 Å². The van der Waals surface area contributed by atoms with Crippen LogP contribution in [0, 0.1) is 5.41 Å². The molecule has 1 atom stereocenters. The van der Waals surface area contributed by atoms with Crippen LogP contribution in [0.5, 0.6) is 0 Å². The van der Waals surface area contributed by atoms with Crippen LogP contribution in [-0.4, -0.2) is 16.7 Å². The van der Waals surface area contributed by atoms with Gasteiger partial charge in [-0.2, -0.15) is 0 Å². The van der Waals surface area contributed by atoms with Crippen LogP contribution in [0.2, 0.25) is 10.0 Å². The van der Waals surface area contributed by atoms with Crippen molar-refractivity contribution in [3.63, 3.8) is 0 Å². The van der Waals surface area contributed by atoms with Gasteiger partial charge in [0.25, 0.3) is 0 Å². The van der Waals surface area contributed by atoms with Crippen LogP contribution in [0.1, 0.15) is 45.2 Å². The summed E-state index contributed by atoms with van der Waals surface area (Å²) in [5, 5.41) is 4.34. The number of benzene rings is 1. The molecule has 1 amide bonds. The number of anilines is 2. The zero-order valence-electron chi connectivity index (χ0n) is 16.4. The first-order chi connectivity index (χ1) is 13.7. The van der Waals surface area contributed by atoms with Crippen LogP contribution in [0.4, 0.5) is 11.4 Å². The average Bonchev–Trinajstić information content (AvgIpc) is 2.76. The van der Waals surface area contributed by atoms with Crippen molar-refractivity contribution in [3.8, 4) is 0 Å². The normalized spacial score (nSPS) is 20.5. The molecule has 0 spiro atoms. The van der Waals surface area contributed by atoms with Crippen LogP contribution in [0.15, 0.2) is 47.9 Å². The summed E-state index contributed by atoms with van der Waals surface area (Å²) in [7, 11) is 0. The predicted octanol–water partition coefficient (Wildman–Crippen LogP) is 5.55. The van der Waals surface area contributed by atoms with Crippen LogP contribution in [0.25, 0.3) is 0 Å². The van der Waals surface area contributed by atoms with Crippen molar-refractivity contribution >= 4 is 46.3 Å². The SMILES string of the molecule is CC(=O)N1c2ccncc2NC2=C(C(=O)CC(C)(C)C2)C1c1cc(Cl)ccc1Cl. The Balaban J connectivity index is 2.05. The number of rotatable bonds is 1. The van der Waals surface area contributed by atoms with E-state index >= 15 is 0 Å². The van der Waals surface area contributed by atoms with E-state index < -0.39 is 6.04 Å². The maximum atomic E-state index is 13.4. The monoisotopic (exact) mass is 429 g/mol. The largest absolute Gasteiger partial charge is 0.356 e. The molecule has 29 heavy (non-hydrogen) atoms. The van der Waals surface area contributed by atoms with Gasteiger partial charge in [0.05, 0.1) is 23.6 Å². The molecule has 1 N–H and O–H groups in total. The molecule has 4 rings (SSSR count). The van der Waals surface area contributed by atoms with E-state index in [4.69, 9.17) is 23.2 Å². The second-order valence-electron chi connectivity index (χ2n) is 8.31. The number of amides is 1. The lowest BCUT2D eigenvalue weighted by atomic mass is 9.73. The van der Waals surface area contributed by atoms with Gasteiger partial charge in [-0.25, -0.2) is 0 Å². The van der Waals surface area contributed by atoms with E-state index in [2.05, 4.69) is 24.1 Å². The van der Waals surface area contributed by atoms with Crippen molar-refractivity contribution in [1.29, 1.82) is 0 Å². The number of fused-ring (bicyclic) bond motifs is 1. The van der Waals surface area contributed by atoms with Crippen LogP contribution >= 0.6 is 23.2 Å². The van der Waals surface area contributed by atoms with Crippen molar-refractivity contribution in [3.05, 3.63) is 63.5 Å². The molecule has 1 aromatic heterocycles. The lowest BCUT2D eigenvalue weighted by Crippen LogP contribution is -2.38. The van der Waals surface area contributed by atoms with Crippen molar-refractivity contribution < 1.29 is 9.59 Å². The number of hydrogen-bond acceptors (Lipinski definition) is 4. The van der Waals surface area contributed by atoms with Crippen LogP contribution in [-0.2, 0) is 9.59 Å². The van der Waals surface area contributed by atoms with Gasteiger partial charge in [0.15, 0.2) is 5.78 Å². The molecule has 150 valence electrons. The van der Waals surface area contributed by atoms with Crippen molar-refractivity contribution in [2.24, 2.45) is 5.41 Å². The van der Waals surface area contributed by atoms with E-state index in [1.807, 2.05) is 0 Å². The number of nitrogens with zero attached hydrogens (tertiary/aromatic N) is 2. The number of carbonyl (C=O) groups is 2. The van der Waals surface area contributed by atoms with Gasteiger partial charge in [-0.1, -0.05) is 37.0 Å². The van der Waals surface area contributed by atoms with Crippen LogP contribution in [0.3, 0.4) is 0 Å². The number of ketones is 1. The highest BCUT2D eigenvalue weighted by Crippen LogP contribution is 2.49. The Hall–Kier alpha value is -2.37. The lowest BCUT2D eigenvalue weighted by Gasteiger charge is -2.37. The number of pyridine rings is 1. The topological polar surface area (TPSA) is 62.3 Å². The summed E-state index contributed by atoms with van der Waals surface area (Å²) in [6.07, 6.45) is 4.36. The van der Waals surface area contributed by atoms with E-state index in [0.717, 1.165) is 5.70 Å². The number of Topliss-reactive ketones (excluding diaryl/α,β-unsaturated/α-hetero) is 1. The first kappa shape index (κ1) is 19.9. The number of allylic oxidation sites excluding steroid dienone is 1. The molecule has 7 heteroatoms. The quantitative estimate of drug-likeness (QED) is 0.644. The first-order valence-corrected chi connectivity index (χ1v) is 10.2. The van der Waals surface area contributed by atoms with E-state index in [-0.39, 0.29) is 17.1 Å². The second kappa shape index (κ2) is 7.15. The Morgan fingerprint density at radius 1 is 1.24 bits per heavy atom. The highest BCUT2D eigenvalue weighted by atomic mass is 35.5. The molecular weight excluding hydrogens is 409 g/mol. The molecule has 0 fully saturated rings. The van der Waals surface area contributed by atoms with Crippen LogP contribution < -0.4 is 10.2 Å². The van der Waals surface area contributed by atoms with Crippen molar-refractivity contribution in [2.45, 2.75) is 39.7 Å². The second-order valence-corrected chi connectivity index (χ2v) is 9.15. The van der Waals surface area contributed by atoms with E-state index in [9.17, 15) is 9.59 Å². The summed E-state index contributed by atoms with van der Waals surface area (Å²) < 4.78 is 0. The third-order valence-corrected chi connectivity index (χ3v) is 5.97. The fourth-order valence-corrected chi connectivity index (χ4v) is 4.66. The third-order valence-electron chi connectivity index (χ3n) is 5.39. The highest BCUT2D eigenvalue weighted by Gasteiger charge is 2.43. The van der Waals surface area contributed by atoms with Gasteiger partial charge in [-0.3, -0.25) is 19.5 Å². The average molecular weight is 430 g/mol. The maximum absolute atomic E-state index is 13.4. The molecule has 1 unspecified atom stereocenters. The van der Waals surface area contributed by atoms with Gasteiger partial charge < -0.3 is 5.32 Å². The third kappa shape index (κ3) is 3.53. The van der Waals surface area contributed by atoms with Gasteiger partial charge in [-0.15, -0.1) is 0 Å². The highest BCUT2D eigenvalue weighted by molar-refractivity contribution is 6.33. The molecule has 0 saturated heterocycles. The van der Waals surface area contributed by atoms with Gasteiger partial charge in [0.2, 0.25) is 5.91 Å². The molecule has 0 bridgehead atoms. The first-order valence-electron chi connectivity index (χ1n) is 9.40. The number of nitrogens with one attached hydrogen (secondary N) is 1. The molecule has 2 heterocycles. The summed E-state index contributed by atoms with van der Waals surface area (Å²) >= 11 is 12.8. The predicted molar refractivity (Wildman–Crippen MR) is 115 cm³/mol. The summed E-state index contributed by atoms with van der Waals surface area (Å²) in [5.74, 6) is -0.205. The summed E-state index contributed by atoms with van der Waals surface area (Å²) in [5.41, 5.74) is 3.11. The standard InChI is InChI=1S/C22H21Cl2N3O2/c1-12(28)27-18-6-7-25-11-17(18)26-16-9-22(2,3)10-19(29)20(16)21(27)14-8-13(23)4-5-15(14)24/h4-8,11,21,26H,9-10H2,1-3H3. The van der Waals surface area contributed by atoms with E-state index in [1.165, 1.54) is 6.92 Å². The smallest absolute Gasteiger partial charge is 0.224 e. The maximum Gasteiger partial charge on any atom is 0.224 e. The molecule has 1 aliphatic heterocycles. The minimum absolute atomic E-state index is 0.00296. The Labute approximate surface area is 179 Å². The molecule has 2 aliphatic rings. The molecule has 2 aromatic rings. The number of halogens is 2. The molecule has 0 saturated carbocycles. The van der Waals surface area contributed by atoms with Crippen molar-refractivity contribution in [1.82, 2.24) is 4.98 Å². The lowest BCUT2D eigenvalue weighted by molar-refractivity contribution is -0.118. The minimum atomic E-state index is -0.673. The summed E-state index contributed by atoms with van der Waals surface area (Å²) in [4.78, 5) is 32.1. The molecule has 5 nitrogen and oxygen atoms in total.